The molecule has 0 fully saturated rings. The van der Waals surface area contributed by atoms with Gasteiger partial charge in [-0.25, -0.2) is 9.97 Å². The van der Waals surface area contributed by atoms with Crippen LogP contribution in [0.5, 0.6) is 0 Å². The normalized spacial score (nSPS) is 11.0. The minimum absolute atomic E-state index is 0. The van der Waals surface area contributed by atoms with Crippen LogP contribution < -0.4 is 0 Å². The number of hydrogen-bond donors (Lipinski definition) is 0. The molecule has 0 bridgehead atoms. The first-order chi connectivity index (χ1) is 28.2. The minimum atomic E-state index is 0. The van der Waals surface area contributed by atoms with Crippen molar-refractivity contribution in [3.63, 3.8) is 0 Å². The zero-order valence-corrected chi connectivity index (χ0v) is 36.3. The zero-order chi connectivity index (χ0) is 40.1. The van der Waals surface area contributed by atoms with Crippen molar-refractivity contribution in [3.8, 4) is 67.0 Å². The summed E-state index contributed by atoms with van der Waals surface area (Å²) in [6.45, 7) is 11.0. The second-order valence-corrected chi connectivity index (χ2v) is 15.5. The summed E-state index contributed by atoms with van der Waals surface area (Å²) in [5, 5.41) is 1.02. The molecule has 0 unspecified atom stereocenters. The molecule has 9 aromatic rings. The molecule has 5 heteroatoms. The van der Waals surface area contributed by atoms with Crippen molar-refractivity contribution in [1.82, 2.24) is 19.9 Å². The number of rotatable bonds is 6. The van der Waals surface area contributed by atoms with E-state index in [1.807, 2.05) is 55.0 Å². The second-order valence-electron chi connectivity index (χ2n) is 15.5. The molecule has 6 aromatic carbocycles. The smallest absolute Gasteiger partial charge is 0.116 e. The van der Waals surface area contributed by atoms with Crippen LogP contribution in [-0.2, 0) is 25.5 Å². The molecule has 0 aliphatic heterocycles. The van der Waals surface area contributed by atoms with E-state index >= 15 is 0 Å². The molecule has 9 rings (SSSR count). The van der Waals surface area contributed by atoms with Gasteiger partial charge >= 0.3 is 0 Å². The van der Waals surface area contributed by atoms with Crippen molar-refractivity contribution in [2.75, 3.05) is 0 Å². The Morgan fingerprint density at radius 3 is 1.83 bits per heavy atom. The van der Waals surface area contributed by atoms with Crippen molar-refractivity contribution in [1.29, 1.82) is 0 Å². The Labute approximate surface area is 361 Å². The quantitative estimate of drug-likeness (QED) is 0.156. The Kier molecular flexibility index (Phi) is 12.5. The molecule has 3 heterocycles. The molecule has 59 heavy (non-hydrogen) atoms. The van der Waals surface area contributed by atoms with E-state index in [4.69, 9.17) is 9.97 Å². The molecule has 0 amide bonds. The first-order valence-corrected chi connectivity index (χ1v) is 19.6. The van der Waals surface area contributed by atoms with Crippen molar-refractivity contribution >= 4 is 10.9 Å². The van der Waals surface area contributed by atoms with Crippen LogP contribution in [0.2, 0.25) is 0 Å². The Balaban J connectivity index is 0.000000321. The number of nitrogens with zero attached hydrogens (tertiary/aromatic N) is 4. The van der Waals surface area contributed by atoms with E-state index in [-0.39, 0.29) is 25.5 Å². The van der Waals surface area contributed by atoms with Gasteiger partial charge in [0.15, 0.2) is 0 Å². The number of pyridine rings is 2. The molecule has 1 radical (unpaired) electrons. The Morgan fingerprint density at radius 1 is 0.508 bits per heavy atom. The van der Waals surface area contributed by atoms with Crippen LogP contribution in [0.1, 0.15) is 37.5 Å². The molecule has 3 aromatic heterocycles. The molecule has 0 atom stereocenters. The molecule has 0 spiro atoms. The van der Waals surface area contributed by atoms with Gasteiger partial charge < -0.3 is 9.97 Å². The zero-order valence-electron chi connectivity index (χ0n) is 33.9. The average molecular weight is 941 g/mol. The third-order valence-electron chi connectivity index (χ3n) is 10.5. The van der Waals surface area contributed by atoms with Crippen LogP contribution in [0.4, 0.5) is 0 Å². The number of fused-ring (bicyclic) bond motifs is 1. The van der Waals surface area contributed by atoms with E-state index < -0.39 is 0 Å². The summed E-state index contributed by atoms with van der Waals surface area (Å²) < 4.78 is 0. The minimum Gasteiger partial charge on any atom is -0.305 e. The van der Waals surface area contributed by atoms with Crippen LogP contribution in [0, 0.1) is 26.0 Å². The molecule has 4 nitrogen and oxygen atoms in total. The van der Waals surface area contributed by atoms with Crippen LogP contribution in [0.15, 0.2) is 177 Å². The predicted octanol–water partition coefficient (Wildman–Crippen LogP) is 13.6. The molecule has 0 aliphatic carbocycles. The Morgan fingerprint density at radius 2 is 1.14 bits per heavy atom. The molecule has 0 saturated heterocycles. The van der Waals surface area contributed by atoms with Crippen LogP contribution >= 0.6 is 0 Å². The van der Waals surface area contributed by atoms with Crippen LogP contribution in [-0.4, -0.2) is 19.9 Å². The first kappa shape index (κ1) is 40.8. The Bertz CT molecular complexity index is 2830. The van der Waals surface area contributed by atoms with Crippen LogP contribution in [0.3, 0.4) is 0 Å². The monoisotopic (exact) mass is 941 g/mol. The van der Waals surface area contributed by atoms with Crippen LogP contribution in [0.25, 0.3) is 77.9 Å². The summed E-state index contributed by atoms with van der Waals surface area (Å²) in [5.74, 6) is 0. The fourth-order valence-corrected chi connectivity index (χ4v) is 7.44. The van der Waals surface area contributed by atoms with Gasteiger partial charge in [0.2, 0.25) is 0 Å². The molecular weight excluding hydrogens is 897 g/mol. The molecule has 0 aliphatic rings. The summed E-state index contributed by atoms with van der Waals surface area (Å²) >= 11 is 0. The van der Waals surface area contributed by atoms with Gasteiger partial charge in [-0.1, -0.05) is 129 Å². The second kappa shape index (κ2) is 18.0. The summed E-state index contributed by atoms with van der Waals surface area (Å²) in [6, 6.07) is 59.2. The number of aryl methyl sites for hydroxylation is 1. The van der Waals surface area contributed by atoms with Crippen molar-refractivity contribution in [2.24, 2.45) is 0 Å². The predicted molar refractivity (Wildman–Crippen MR) is 240 cm³/mol. The molecule has 0 N–H and O–H groups in total. The van der Waals surface area contributed by atoms with Gasteiger partial charge in [-0.05, 0) is 92.9 Å². The summed E-state index contributed by atoms with van der Waals surface area (Å²) in [4.78, 5) is 18.4. The van der Waals surface area contributed by atoms with Gasteiger partial charge in [-0.3, -0.25) is 0 Å². The maximum atomic E-state index is 4.87. The van der Waals surface area contributed by atoms with Gasteiger partial charge in [-0.15, -0.1) is 65.7 Å². The molecule has 0 saturated carbocycles. The van der Waals surface area contributed by atoms with Crippen molar-refractivity contribution in [3.05, 3.63) is 205 Å². The Hall–Kier alpha value is -6.39. The number of hydrogen-bond acceptors (Lipinski definition) is 4. The topological polar surface area (TPSA) is 51.6 Å². The fraction of sp³-hybridized carbons (Fsp3) is 0.111. The molecular formula is C54H44IrN4-2. The summed E-state index contributed by atoms with van der Waals surface area (Å²) in [5.41, 5.74) is 17.8. The first-order valence-electron chi connectivity index (χ1n) is 19.6. The maximum Gasteiger partial charge on any atom is 0.116 e. The van der Waals surface area contributed by atoms with E-state index in [0.717, 1.165) is 50.1 Å². The van der Waals surface area contributed by atoms with Gasteiger partial charge in [0.05, 0.1) is 5.52 Å². The number of benzene rings is 6. The molecule has 291 valence electrons. The van der Waals surface area contributed by atoms with Gasteiger partial charge in [0, 0.05) is 44.1 Å². The van der Waals surface area contributed by atoms with Crippen molar-refractivity contribution in [2.45, 2.75) is 40.0 Å². The average Bonchev–Trinajstić information content (AvgIpc) is 3.27. The van der Waals surface area contributed by atoms with Gasteiger partial charge in [-0.2, -0.15) is 0 Å². The third-order valence-corrected chi connectivity index (χ3v) is 10.5. The van der Waals surface area contributed by atoms with E-state index in [1.165, 1.54) is 44.5 Å². The maximum absolute atomic E-state index is 4.87. The van der Waals surface area contributed by atoms with E-state index in [1.54, 1.807) is 6.33 Å². The third kappa shape index (κ3) is 9.03. The van der Waals surface area contributed by atoms with Gasteiger partial charge in [0.25, 0.3) is 0 Å². The van der Waals surface area contributed by atoms with Crippen molar-refractivity contribution < 1.29 is 20.1 Å². The van der Waals surface area contributed by atoms with E-state index in [9.17, 15) is 0 Å². The fourth-order valence-electron chi connectivity index (χ4n) is 7.44. The number of aromatic nitrogens is 4. The summed E-state index contributed by atoms with van der Waals surface area (Å²) in [7, 11) is 0. The van der Waals surface area contributed by atoms with E-state index in [2.05, 4.69) is 172 Å². The summed E-state index contributed by atoms with van der Waals surface area (Å²) in [6.07, 6.45) is 7.32. The standard InChI is InChI=1S/C42H34N3.C12H10N.Ir/c1-28-34(29-12-7-5-8-13-29)18-19-35(30-14-9-6-10-15-30)40(28)37-21-20-36(41-38(37)26-43-27-45-41)31-16-11-17-32(24-31)39-25-33(22-23-44-39)42(2,3)4;1-10-7-8-13-12(9-10)11-5-3-2-4-6-11;/h5-16,18-27H,1-4H3;2-5,7-9H,1H3;/q2*-1;. The SMILES string of the molecule is Cc1c(-c2ccccc2)ccc(-c2ccccc2)c1-c1ccc(-c2cc[c-]c(-c3cc(C(C)(C)C)ccn3)c2)c2ncncc12.Cc1ccnc(-c2[c-]cccc2)c1.[Ir]. The van der Waals surface area contributed by atoms with Gasteiger partial charge in [0.1, 0.15) is 6.33 Å². The van der Waals surface area contributed by atoms with E-state index in [0.29, 0.717) is 0 Å². The largest absolute Gasteiger partial charge is 0.305 e.